The van der Waals surface area contributed by atoms with Gasteiger partial charge in [0.15, 0.2) is 23.5 Å². The first-order valence-corrected chi connectivity index (χ1v) is 11.1. The molecule has 0 spiro atoms. The van der Waals surface area contributed by atoms with E-state index >= 15 is 0 Å². The highest BCUT2D eigenvalue weighted by molar-refractivity contribution is 6.32. The summed E-state index contributed by atoms with van der Waals surface area (Å²) in [6.07, 6.45) is 4.40. The van der Waals surface area contributed by atoms with Crippen molar-refractivity contribution < 1.29 is 9.53 Å². The molecule has 32 heavy (non-hydrogen) atoms. The molecule has 1 aromatic carbocycles. The second kappa shape index (κ2) is 9.16. The number of nitrogens with zero attached hydrogens (tertiary/aromatic N) is 4. The van der Waals surface area contributed by atoms with E-state index in [9.17, 15) is 9.59 Å². The first kappa shape index (κ1) is 22.1. The number of nitrogens with one attached hydrogen (secondary N) is 1. The Balaban J connectivity index is 1.66. The topological polar surface area (TPSA) is 89.3 Å². The highest BCUT2D eigenvalue weighted by Crippen LogP contribution is 2.28. The molecule has 0 bridgehead atoms. The van der Waals surface area contributed by atoms with Gasteiger partial charge in [-0.15, -0.1) is 0 Å². The molecule has 3 aromatic rings. The lowest BCUT2D eigenvalue weighted by Crippen LogP contribution is -2.31. The zero-order valence-electron chi connectivity index (χ0n) is 18.4. The van der Waals surface area contributed by atoms with E-state index in [4.69, 9.17) is 16.3 Å². The predicted octanol–water partition coefficient (Wildman–Crippen LogP) is 4.07. The van der Waals surface area contributed by atoms with Crippen LogP contribution in [0, 0.1) is 0 Å². The highest BCUT2D eigenvalue weighted by Gasteiger charge is 2.17. The van der Waals surface area contributed by atoms with Crippen LogP contribution in [0.1, 0.15) is 33.1 Å². The van der Waals surface area contributed by atoms with E-state index in [2.05, 4.69) is 20.2 Å². The maximum Gasteiger partial charge on any atom is 0.293 e. The number of fused-ring (bicyclic) bond motifs is 1. The number of pyridine rings is 1. The van der Waals surface area contributed by atoms with Crippen LogP contribution in [0.5, 0.6) is 5.75 Å². The molecule has 8 nitrogen and oxygen atoms in total. The third-order valence-corrected chi connectivity index (χ3v) is 5.98. The van der Waals surface area contributed by atoms with Crippen molar-refractivity contribution >= 4 is 45.7 Å². The average Bonchev–Trinajstić information content (AvgIpc) is 2.79. The minimum Gasteiger partial charge on any atom is -0.477 e. The number of hydrogen-bond acceptors (Lipinski definition) is 7. The molecule has 0 aliphatic carbocycles. The van der Waals surface area contributed by atoms with Crippen LogP contribution in [-0.4, -0.2) is 39.5 Å². The first-order chi connectivity index (χ1) is 15.3. The maximum atomic E-state index is 12.6. The molecule has 4 rings (SSSR count). The predicted molar refractivity (Wildman–Crippen MR) is 126 cm³/mol. The van der Waals surface area contributed by atoms with Gasteiger partial charge in [-0.05, 0) is 57.4 Å². The normalized spacial score (nSPS) is 14.9. The monoisotopic (exact) mass is 455 g/mol. The summed E-state index contributed by atoms with van der Waals surface area (Å²) >= 11 is 6.36. The van der Waals surface area contributed by atoms with Crippen LogP contribution < -0.4 is 20.5 Å². The lowest BCUT2D eigenvalue weighted by atomic mass is 10.1. The molecule has 0 saturated carbocycles. The largest absolute Gasteiger partial charge is 0.477 e. The summed E-state index contributed by atoms with van der Waals surface area (Å²) in [4.78, 5) is 35.4. The van der Waals surface area contributed by atoms with E-state index in [-0.39, 0.29) is 17.1 Å². The Hall–Kier alpha value is -3.13. The second-order valence-electron chi connectivity index (χ2n) is 8.06. The van der Waals surface area contributed by atoms with Gasteiger partial charge in [-0.25, -0.2) is 4.98 Å². The summed E-state index contributed by atoms with van der Waals surface area (Å²) in [6.45, 7) is 4.93. The number of carbonyl (C=O) groups excluding carboxylic acids is 1. The molecular weight excluding hydrogens is 430 g/mol. The van der Waals surface area contributed by atoms with Crippen molar-refractivity contribution in [3.8, 4) is 5.75 Å². The fourth-order valence-corrected chi connectivity index (χ4v) is 3.86. The third kappa shape index (κ3) is 4.55. The van der Waals surface area contributed by atoms with Gasteiger partial charge >= 0.3 is 0 Å². The van der Waals surface area contributed by atoms with Gasteiger partial charge in [-0.3, -0.25) is 9.59 Å². The van der Waals surface area contributed by atoms with Crippen LogP contribution in [0.4, 0.5) is 17.5 Å². The molecular formula is C23H26ClN5O3. The summed E-state index contributed by atoms with van der Waals surface area (Å²) in [5.74, 6) is 1.17. The number of anilines is 3. The number of piperidine rings is 1. The molecule has 1 fully saturated rings. The lowest BCUT2D eigenvalue weighted by molar-refractivity contribution is -0.122. The van der Waals surface area contributed by atoms with Crippen molar-refractivity contribution in [1.29, 1.82) is 0 Å². The van der Waals surface area contributed by atoms with Crippen LogP contribution in [-0.2, 0) is 11.8 Å². The minimum atomic E-state index is -0.700. The Morgan fingerprint density at radius 2 is 1.97 bits per heavy atom. The van der Waals surface area contributed by atoms with Gasteiger partial charge in [0, 0.05) is 31.2 Å². The number of ketones is 1. The molecule has 1 aliphatic rings. The third-order valence-electron chi connectivity index (χ3n) is 5.70. The Kier molecular flexibility index (Phi) is 6.32. The summed E-state index contributed by atoms with van der Waals surface area (Å²) in [5.41, 5.74) is 1.20. The highest BCUT2D eigenvalue weighted by atomic mass is 35.5. The molecule has 1 saturated heterocycles. The fourth-order valence-electron chi connectivity index (χ4n) is 3.72. The smallest absolute Gasteiger partial charge is 0.293 e. The minimum absolute atomic E-state index is 0.132. The van der Waals surface area contributed by atoms with E-state index < -0.39 is 6.10 Å². The molecule has 1 N–H and O–H groups in total. The quantitative estimate of drug-likeness (QED) is 0.599. The van der Waals surface area contributed by atoms with Gasteiger partial charge in [0.05, 0.1) is 11.7 Å². The average molecular weight is 456 g/mol. The van der Waals surface area contributed by atoms with Crippen LogP contribution in [0.25, 0.3) is 10.9 Å². The Bertz CT molecular complexity index is 1220. The molecule has 0 radical (unpaired) electrons. The number of aromatic nitrogens is 3. The number of aryl methyl sites for hydroxylation is 1. The number of ether oxygens (including phenoxy) is 1. The van der Waals surface area contributed by atoms with Crippen molar-refractivity contribution in [2.45, 2.75) is 39.2 Å². The first-order valence-electron chi connectivity index (χ1n) is 10.7. The van der Waals surface area contributed by atoms with Gasteiger partial charge in [0.2, 0.25) is 5.95 Å². The molecule has 1 atom stereocenters. The van der Waals surface area contributed by atoms with E-state index in [1.807, 2.05) is 18.2 Å². The zero-order valence-corrected chi connectivity index (χ0v) is 19.1. The summed E-state index contributed by atoms with van der Waals surface area (Å²) in [5, 5.41) is 4.47. The Morgan fingerprint density at radius 3 is 2.69 bits per heavy atom. The summed E-state index contributed by atoms with van der Waals surface area (Å²) < 4.78 is 7.11. The van der Waals surface area contributed by atoms with E-state index in [0.29, 0.717) is 16.8 Å². The molecule has 3 heterocycles. The van der Waals surface area contributed by atoms with Crippen LogP contribution in [0.15, 0.2) is 35.3 Å². The van der Waals surface area contributed by atoms with Gasteiger partial charge in [0.25, 0.3) is 5.56 Å². The standard InChI is InChI=1S/C23H26ClN5O3/c1-14(30)15(2)32-20-12-16-11-17(7-8-19(16)28(3)22(20)31)26-21-18(24)13-25-23(27-21)29-9-5-4-6-10-29/h7-8,11-13,15H,4-6,9-10H2,1-3H3,(H,25,26,27)/t15-/m1/s1. The van der Waals surface area contributed by atoms with Crippen LogP contribution in [0.2, 0.25) is 5.02 Å². The van der Waals surface area contributed by atoms with E-state index in [1.54, 1.807) is 26.2 Å². The fraction of sp³-hybridized carbons (Fsp3) is 0.391. The maximum absolute atomic E-state index is 12.6. The molecule has 0 unspecified atom stereocenters. The SMILES string of the molecule is CC(=O)[C@@H](C)Oc1cc2cc(Nc3nc(N4CCCCC4)ncc3Cl)ccc2n(C)c1=O. The van der Waals surface area contributed by atoms with Crippen molar-refractivity contribution in [3.63, 3.8) is 0 Å². The number of halogens is 1. The van der Waals surface area contributed by atoms with Crippen molar-refractivity contribution in [1.82, 2.24) is 14.5 Å². The second-order valence-corrected chi connectivity index (χ2v) is 8.46. The van der Waals surface area contributed by atoms with Gasteiger partial charge in [0.1, 0.15) is 5.02 Å². The van der Waals surface area contributed by atoms with Crippen LogP contribution in [0.3, 0.4) is 0 Å². The molecule has 2 aromatic heterocycles. The summed E-state index contributed by atoms with van der Waals surface area (Å²) in [6, 6.07) is 7.25. The van der Waals surface area contributed by atoms with Crippen LogP contribution >= 0.6 is 11.6 Å². The molecule has 9 heteroatoms. The number of carbonyl (C=O) groups is 1. The van der Waals surface area contributed by atoms with E-state index in [1.165, 1.54) is 17.9 Å². The van der Waals surface area contributed by atoms with Crippen molar-refractivity contribution in [3.05, 3.63) is 45.8 Å². The zero-order chi connectivity index (χ0) is 22.8. The van der Waals surface area contributed by atoms with Gasteiger partial charge in [-0.2, -0.15) is 4.98 Å². The Labute approximate surface area is 191 Å². The molecule has 0 amide bonds. The molecule has 168 valence electrons. The molecule has 1 aliphatic heterocycles. The lowest BCUT2D eigenvalue weighted by Gasteiger charge is -2.26. The number of rotatable bonds is 6. The summed E-state index contributed by atoms with van der Waals surface area (Å²) in [7, 11) is 1.68. The van der Waals surface area contributed by atoms with Gasteiger partial charge < -0.3 is 19.5 Å². The van der Waals surface area contributed by atoms with Gasteiger partial charge in [-0.1, -0.05) is 11.6 Å². The number of benzene rings is 1. The van der Waals surface area contributed by atoms with E-state index in [0.717, 1.165) is 42.5 Å². The Morgan fingerprint density at radius 1 is 1.22 bits per heavy atom. The van der Waals surface area contributed by atoms with Crippen molar-refractivity contribution in [2.75, 3.05) is 23.3 Å². The number of hydrogen-bond donors (Lipinski definition) is 1. The van der Waals surface area contributed by atoms with Crippen molar-refractivity contribution in [2.24, 2.45) is 7.05 Å². The number of Topliss-reactive ketones (excluding diaryl/α,β-unsaturated/α-hetero) is 1.